The molecule has 1 atom stereocenters. The van der Waals surface area contributed by atoms with Gasteiger partial charge in [-0.05, 0) is 35.8 Å². The third-order valence-corrected chi connectivity index (χ3v) is 4.92. The lowest BCUT2D eigenvalue weighted by atomic mass is 10.1. The summed E-state index contributed by atoms with van der Waals surface area (Å²) >= 11 is 0. The van der Waals surface area contributed by atoms with Crippen molar-refractivity contribution in [2.24, 2.45) is 4.99 Å². The van der Waals surface area contributed by atoms with Crippen LogP contribution in [0.25, 0.3) is 0 Å². The van der Waals surface area contributed by atoms with Crippen LogP contribution < -0.4 is 15.0 Å². The molecule has 2 aromatic rings. The standard InChI is InChI=1S/C22H20FN3O3/c1-26-19-11-16(23)7-8-20(19)29-13-18(22(26)28)25-21(27)17-10-15(12-24-17)9-14-5-3-2-4-6-14/h2-8,10-11,18H,9,12-13H2,1H3,(H,25,27). The van der Waals surface area contributed by atoms with E-state index < -0.39 is 17.8 Å². The molecule has 2 aliphatic heterocycles. The third kappa shape index (κ3) is 4.03. The molecule has 0 spiro atoms. The molecule has 6 nitrogen and oxygen atoms in total. The monoisotopic (exact) mass is 393 g/mol. The van der Waals surface area contributed by atoms with Gasteiger partial charge >= 0.3 is 0 Å². The van der Waals surface area contributed by atoms with Crippen LogP contribution >= 0.6 is 0 Å². The van der Waals surface area contributed by atoms with E-state index in [4.69, 9.17) is 4.74 Å². The number of hydrogen-bond donors (Lipinski definition) is 1. The van der Waals surface area contributed by atoms with E-state index in [2.05, 4.69) is 10.3 Å². The van der Waals surface area contributed by atoms with Crippen LogP contribution in [0.15, 0.2) is 65.2 Å². The molecule has 4 rings (SSSR count). The Kier molecular flexibility index (Phi) is 5.12. The minimum atomic E-state index is -0.891. The van der Waals surface area contributed by atoms with Crippen molar-refractivity contribution in [2.75, 3.05) is 25.1 Å². The average molecular weight is 393 g/mol. The lowest BCUT2D eigenvalue weighted by Crippen LogP contribution is -2.50. The largest absolute Gasteiger partial charge is 0.489 e. The van der Waals surface area contributed by atoms with Gasteiger partial charge in [-0.25, -0.2) is 4.39 Å². The Hall–Kier alpha value is -3.48. The van der Waals surface area contributed by atoms with Crippen LogP contribution in [0.3, 0.4) is 0 Å². The minimum Gasteiger partial charge on any atom is -0.489 e. The number of hydrogen-bond acceptors (Lipinski definition) is 4. The smallest absolute Gasteiger partial charge is 0.270 e. The van der Waals surface area contributed by atoms with Crippen molar-refractivity contribution in [3.05, 3.63) is 71.6 Å². The molecule has 0 radical (unpaired) electrons. The molecule has 2 aromatic carbocycles. The Labute approximate surface area is 167 Å². The molecule has 2 amide bonds. The van der Waals surface area contributed by atoms with E-state index in [1.165, 1.54) is 30.1 Å². The summed E-state index contributed by atoms with van der Waals surface area (Å²) < 4.78 is 19.2. The third-order valence-electron chi connectivity index (χ3n) is 4.92. The number of anilines is 1. The van der Waals surface area contributed by atoms with Crippen LogP contribution in [0, 0.1) is 5.82 Å². The van der Waals surface area contributed by atoms with Gasteiger partial charge in [-0.1, -0.05) is 30.3 Å². The second-order valence-electron chi connectivity index (χ2n) is 7.01. The highest BCUT2D eigenvalue weighted by atomic mass is 19.1. The quantitative estimate of drug-likeness (QED) is 0.867. The van der Waals surface area contributed by atoms with E-state index in [0.29, 0.717) is 23.7 Å². The van der Waals surface area contributed by atoms with Gasteiger partial charge in [-0.15, -0.1) is 0 Å². The van der Waals surface area contributed by atoms with Gasteiger partial charge in [0.1, 0.15) is 29.9 Å². The summed E-state index contributed by atoms with van der Waals surface area (Å²) in [6.07, 6.45) is 2.48. The molecule has 0 aromatic heterocycles. The fourth-order valence-electron chi connectivity index (χ4n) is 3.38. The Morgan fingerprint density at radius 2 is 2.07 bits per heavy atom. The minimum absolute atomic E-state index is 0.0403. The maximum Gasteiger partial charge on any atom is 0.270 e. The summed E-state index contributed by atoms with van der Waals surface area (Å²) in [5.74, 6) is -0.886. The number of ether oxygens (including phenoxy) is 1. The highest BCUT2D eigenvalue weighted by Gasteiger charge is 2.31. The van der Waals surface area contributed by atoms with Crippen LogP contribution in [0.5, 0.6) is 5.75 Å². The second kappa shape index (κ2) is 7.87. The molecule has 29 heavy (non-hydrogen) atoms. The molecule has 0 saturated heterocycles. The van der Waals surface area contributed by atoms with Crippen LogP contribution in [0.2, 0.25) is 0 Å². The van der Waals surface area contributed by atoms with E-state index in [9.17, 15) is 14.0 Å². The number of rotatable bonds is 4. The Morgan fingerprint density at radius 1 is 1.28 bits per heavy atom. The van der Waals surface area contributed by atoms with Gasteiger partial charge in [0.25, 0.3) is 11.8 Å². The first-order chi connectivity index (χ1) is 14.0. The fourth-order valence-corrected chi connectivity index (χ4v) is 3.38. The summed E-state index contributed by atoms with van der Waals surface area (Å²) in [7, 11) is 1.53. The first-order valence-corrected chi connectivity index (χ1v) is 9.30. The highest BCUT2D eigenvalue weighted by molar-refractivity contribution is 6.44. The normalized spacial score (nSPS) is 18.3. The summed E-state index contributed by atoms with van der Waals surface area (Å²) in [6, 6.07) is 13.0. The first-order valence-electron chi connectivity index (χ1n) is 9.30. The van der Waals surface area contributed by atoms with Gasteiger partial charge < -0.3 is 15.0 Å². The number of nitrogens with zero attached hydrogens (tertiary/aromatic N) is 2. The van der Waals surface area contributed by atoms with Crippen molar-refractivity contribution in [1.82, 2.24) is 5.32 Å². The summed E-state index contributed by atoms with van der Waals surface area (Å²) in [6.45, 7) is 0.415. The Morgan fingerprint density at radius 3 is 2.86 bits per heavy atom. The molecule has 0 bridgehead atoms. The van der Waals surface area contributed by atoms with Crippen molar-refractivity contribution in [3.8, 4) is 5.75 Å². The van der Waals surface area contributed by atoms with Crippen molar-refractivity contribution < 1.29 is 18.7 Å². The Balaban J connectivity index is 1.43. The van der Waals surface area contributed by atoms with Crippen molar-refractivity contribution >= 4 is 23.2 Å². The van der Waals surface area contributed by atoms with Crippen molar-refractivity contribution in [1.29, 1.82) is 0 Å². The molecule has 2 aliphatic rings. The number of nitrogens with one attached hydrogen (secondary N) is 1. The molecular formula is C22H20FN3O3. The molecule has 1 N–H and O–H groups in total. The molecule has 7 heteroatoms. The number of carbonyl (C=O) groups excluding carboxylic acids is 2. The summed E-state index contributed by atoms with van der Waals surface area (Å²) in [5.41, 5.74) is 2.80. The van der Waals surface area contributed by atoms with Crippen LogP contribution in [0.1, 0.15) is 5.56 Å². The van der Waals surface area contributed by atoms with Gasteiger partial charge in [0, 0.05) is 13.1 Å². The van der Waals surface area contributed by atoms with Crippen LogP contribution in [-0.2, 0) is 16.0 Å². The van der Waals surface area contributed by atoms with Crippen LogP contribution in [0.4, 0.5) is 10.1 Å². The molecule has 0 saturated carbocycles. The SMILES string of the molecule is CN1C(=O)C(NC(=O)C2=NCC(Cc3ccccc3)=C2)COc2ccc(F)cc21. The lowest BCUT2D eigenvalue weighted by Gasteiger charge is -2.20. The maximum absolute atomic E-state index is 13.5. The number of likely N-dealkylation sites (N-methyl/N-ethyl adjacent to an activating group) is 1. The molecular weight excluding hydrogens is 373 g/mol. The van der Waals surface area contributed by atoms with E-state index in [0.717, 1.165) is 17.6 Å². The summed E-state index contributed by atoms with van der Waals surface area (Å²) in [5, 5.41) is 2.69. The van der Waals surface area contributed by atoms with E-state index in [1.807, 2.05) is 30.3 Å². The zero-order chi connectivity index (χ0) is 20.4. The van der Waals surface area contributed by atoms with E-state index >= 15 is 0 Å². The van der Waals surface area contributed by atoms with Gasteiger partial charge in [-0.2, -0.15) is 0 Å². The van der Waals surface area contributed by atoms with Gasteiger partial charge in [0.05, 0.1) is 12.2 Å². The number of benzene rings is 2. The van der Waals surface area contributed by atoms with Gasteiger partial charge in [0.2, 0.25) is 0 Å². The molecule has 0 fully saturated rings. The number of aliphatic imine (C=N–C) groups is 1. The molecule has 0 aliphatic carbocycles. The molecule has 1 unspecified atom stereocenters. The topological polar surface area (TPSA) is 71.0 Å². The Bertz CT molecular complexity index is 1020. The van der Waals surface area contributed by atoms with Crippen molar-refractivity contribution in [2.45, 2.75) is 12.5 Å². The van der Waals surface area contributed by atoms with Gasteiger partial charge in [-0.3, -0.25) is 14.6 Å². The maximum atomic E-state index is 13.5. The molecule has 148 valence electrons. The lowest BCUT2D eigenvalue weighted by molar-refractivity contribution is -0.124. The second-order valence-corrected chi connectivity index (χ2v) is 7.01. The zero-order valence-corrected chi connectivity index (χ0v) is 15.9. The van der Waals surface area contributed by atoms with E-state index in [1.54, 1.807) is 6.08 Å². The number of amides is 2. The van der Waals surface area contributed by atoms with Crippen molar-refractivity contribution in [3.63, 3.8) is 0 Å². The first kappa shape index (κ1) is 18.9. The highest BCUT2D eigenvalue weighted by Crippen LogP contribution is 2.31. The summed E-state index contributed by atoms with van der Waals surface area (Å²) in [4.78, 5) is 30.9. The average Bonchev–Trinajstić information content (AvgIpc) is 3.16. The predicted molar refractivity (Wildman–Crippen MR) is 108 cm³/mol. The number of fused-ring (bicyclic) bond motifs is 1. The molecule has 2 heterocycles. The fraction of sp³-hybridized carbons (Fsp3) is 0.227. The zero-order valence-electron chi connectivity index (χ0n) is 15.9. The van der Waals surface area contributed by atoms with Gasteiger partial charge in [0.15, 0.2) is 0 Å². The van der Waals surface area contributed by atoms with Crippen LogP contribution in [-0.4, -0.2) is 43.8 Å². The predicted octanol–water partition coefficient (Wildman–Crippen LogP) is 2.29. The number of carbonyl (C=O) groups is 2. The van der Waals surface area contributed by atoms with E-state index in [-0.39, 0.29) is 12.5 Å². The number of halogens is 1.